The largest absolute Gasteiger partial charge is 0.469 e. The van der Waals surface area contributed by atoms with E-state index in [2.05, 4.69) is 36.5 Å². The number of aryl methyl sites for hydroxylation is 1. The van der Waals surface area contributed by atoms with Crippen LogP contribution in [-0.2, 0) is 9.53 Å². The molecule has 1 aromatic carbocycles. The molecule has 0 saturated carbocycles. The van der Waals surface area contributed by atoms with E-state index < -0.39 is 0 Å². The fourth-order valence-electron chi connectivity index (χ4n) is 2.56. The number of ether oxygens (including phenoxy) is 1. The van der Waals surface area contributed by atoms with Gasteiger partial charge in [0, 0.05) is 6.54 Å². The molecule has 1 aromatic rings. The average molecular weight is 233 g/mol. The third kappa shape index (κ3) is 2.67. The van der Waals surface area contributed by atoms with Crippen molar-refractivity contribution >= 4 is 5.97 Å². The Kier molecular flexibility index (Phi) is 3.79. The van der Waals surface area contributed by atoms with Crippen molar-refractivity contribution in [3.05, 3.63) is 35.4 Å². The first-order valence-electron chi connectivity index (χ1n) is 6.07. The summed E-state index contributed by atoms with van der Waals surface area (Å²) in [4.78, 5) is 11.8. The summed E-state index contributed by atoms with van der Waals surface area (Å²) in [5.41, 5.74) is 2.49. The van der Waals surface area contributed by atoms with Crippen LogP contribution in [0.2, 0.25) is 0 Å². The highest BCUT2D eigenvalue weighted by molar-refractivity contribution is 5.74. The number of carbonyl (C=O) groups excluding carboxylic acids is 1. The van der Waals surface area contributed by atoms with Crippen LogP contribution in [0.5, 0.6) is 0 Å². The first kappa shape index (κ1) is 12.1. The van der Waals surface area contributed by atoms with Crippen LogP contribution in [0.15, 0.2) is 24.3 Å². The lowest BCUT2D eigenvalue weighted by Gasteiger charge is -2.30. The maximum absolute atomic E-state index is 11.8. The highest BCUT2D eigenvalue weighted by atomic mass is 16.5. The molecule has 0 bridgehead atoms. The lowest BCUT2D eigenvalue weighted by molar-refractivity contribution is -0.146. The number of piperidine rings is 1. The second kappa shape index (κ2) is 5.32. The van der Waals surface area contributed by atoms with Gasteiger partial charge >= 0.3 is 5.97 Å². The Hall–Kier alpha value is -1.35. The van der Waals surface area contributed by atoms with E-state index in [1.807, 2.05) is 0 Å². The zero-order valence-corrected chi connectivity index (χ0v) is 10.4. The molecule has 1 saturated heterocycles. The van der Waals surface area contributed by atoms with E-state index in [0.717, 1.165) is 13.0 Å². The molecular weight excluding hydrogens is 214 g/mol. The number of nitrogens with one attached hydrogen (secondary N) is 1. The summed E-state index contributed by atoms with van der Waals surface area (Å²) in [6.45, 7) is 3.76. The van der Waals surface area contributed by atoms with E-state index in [4.69, 9.17) is 4.74 Å². The Morgan fingerprint density at radius 2 is 2.29 bits per heavy atom. The Balaban J connectivity index is 2.24. The van der Waals surface area contributed by atoms with E-state index in [-0.39, 0.29) is 17.8 Å². The van der Waals surface area contributed by atoms with E-state index in [1.54, 1.807) is 0 Å². The van der Waals surface area contributed by atoms with E-state index in [9.17, 15) is 4.79 Å². The fraction of sp³-hybridized carbons (Fsp3) is 0.500. The summed E-state index contributed by atoms with van der Waals surface area (Å²) >= 11 is 0. The number of carbonyl (C=O) groups is 1. The van der Waals surface area contributed by atoms with E-state index in [1.165, 1.54) is 18.2 Å². The monoisotopic (exact) mass is 233 g/mol. The lowest BCUT2D eigenvalue weighted by Crippen LogP contribution is -2.40. The van der Waals surface area contributed by atoms with Crippen LogP contribution in [0.25, 0.3) is 0 Å². The van der Waals surface area contributed by atoms with Gasteiger partial charge in [-0.2, -0.15) is 0 Å². The van der Waals surface area contributed by atoms with Gasteiger partial charge in [0.05, 0.1) is 13.0 Å². The zero-order valence-electron chi connectivity index (χ0n) is 10.4. The molecule has 2 atom stereocenters. The van der Waals surface area contributed by atoms with Gasteiger partial charge in [0.2, 0.25) is 0 Å². The number of hydrogen-bond donors (Lipinski definition) is 1. The molecule has 3 nitrogen and oxygen atoms in total. The van der Waals surface area contributed by atoms with Crippen LogP contribution in [0.1, 0.15) is 23.5 Å². The first-order valence-corrected chi connectivity index (χ1v) is 6.07. The van der Waals surface area contributed by atoms with Gasteiger partial charge in [-0.3, -0.25) is 4.79 Å². The van der Waals surface area contributed by atoms with Crippen molar-refractivity contribution in [3.63, 3.8) is 0 Å². The molecule has 1 N–H and O–H groups in total. The zero-order chi connectivity index (χ0) is 12.3. The molecule has 0 spiro atoms. The van der Waals surface area contributed by atoms with Crippen molar-refractivity contribution in [2.45, 2.75) is 19.3 Å². The van der Waals surface area contributed by atoms with Crippen LogP contribution < -0.4 is 5.32 Å². The maximum atomic E-state index is 11.8. The third-order valence-corrected chi connectivity index (χ3v) is 3.46. The average Bonchev–Trinajstić information content (AvgIpc) is 2.38. The first-order chi connectivity index (χ1) is 8.22. The Bertz CT molecular complexity index is 403. The Labute approximate surface area is 102 Å². The molecule has 0 aromatic heterocycles. The molecule has 17 heavy (non-hydrogen) atoms. The smallest absolute Gasteiger partial charge is 0.310 e. The molecule has 0 aliphatic carbocycles. The van der Waals surface area contributed by atoms with Crippen molar-refractivity contribution in [2.75, 3.05) is 20.2 Å². The van der Waals surface area contributed by atoms with E-state index >= 15 is 0 Å². The minimum Gasteiger partial charge on any atom is -0.469 e. The summed E-state index contributed by atoms with van der Waals surface area (Å²) in [5, 5.41) is 3.26. The van der Waals surface area contributed by atoms with Crippen LogP contribution in [0.4, 0.5) is 0 Å². The summed E-state index contributed by atoms with van der Waals surface area (Å²) in [5.74, 6) is 0.114. The van der Waals surface area contributed by atoms with Gasteiger partial charge in [-0.15, -0.1) is 0 Å². The normalized spacial score (nSPS) is 24.4. The highest BCUT2D eigenvalue weighted by Gasteiger charge is 2.32. The number of methoxy groups -OCH3 is 1. The Morgan fingerprint density at radius 3 is 3.00 bits per heavy atom. The van der Waals surface area contributed by atoms with Gasteiger partial charge in [0.1, 0.15) is 0 Å². The summed E-state index contributed by atoms with van der Waals surface area (Å²) in [6.07, 6.45) is 0.989. The van der Waals surface area contributed by atoms with Crippen LogP contribution in [0, 0.1) is 12.8 Å². The van der Waals surface area contributed by atoms with Crippen LogP contribution in [0.3, 0.4) is 0 Å². The molecule has 0 unspecified atom stereocenters. The standard InChI is InChI=1S/C14H19NO2/c1-10-4-3-5-11(8-10)12-6-7-15-9-13(12)14(16)17-2/h3-5,8,12-13,15H,6-7,9H2,1-2H3/t12-,13-/m0/s1. The van der Waals surface area contributed by atoms with Crippen LogP contribution >= 0.6 is 0 Å². The third-order valence-electron chi connectivity index (χ3n) is 3.46. The van der Waals surface area contributed by atoms with Gasteiger partial charge in [-0.1, -0.05) is 29.8 Å². The minimum atomic E-state index is -0.108. The summed E-state index contributed by atoms with van der Waals surface area (Å²) in [6, 6.07) is 8.42. The molecule has 1 aliphatic heterocycles. The van der Waals surface area contributed by atoms with Crippen molar-refractivity contribution < 1.29 is 9.53 Å². The molecule has 2 rings (SSSR count). The number of esters is 1. The predicted octanol–water partition coefficient (Wildman–Crippen LogP) is 1.86. The molecule has 0 amide bonds. The molecule has 1 fully saturated rings. The predicted molar refractivity (Wildman–Crippen MR) is 66.9 cm³/mol. The summed E-state index contributed by atoms with van der Waals surface area (Å²) < 4.78 is 4.89. The maximum Gasteiger partial charge on any atom is 0.310 e. The van der Waals surface area contributed by atoms with Gasteiger partial charge in [-0.25, -0.2) is 0 Å². The van der Waals surface area contributed by atoms with Crippen LogP contribution in [-0.4, -0.2) is 26.2 Å². The molecule has 92 valence electrons. The van der Waals surface area contributed by atoms with Gasteiger partial charge in [0.15, 0.2) is 0 Å². The molecule has 1 heterocycles. The number of hydrogen-bond acceptors (Lipinski definition) is 3. The SMILES string of the molecule is COC(=O)[C@H]1CNCC[C@H]1c1cccc(C)c1. The van der Waals surface area contributed by atoms with Crippen molar-refractivity contribution in [3.8, 4) is 0 Å². The Morgan fingerprint density at radius 1 is 1.47 bits per heavy atom. The topological polar surface area (TPSA) is 38.3 Å². The number of rotatable bonds is 2. The van der Waals surface area contributed by atoms with Crippen molar-refractivity contribution in [2.24, 2.45) is 5.92 Å². The lowest BCUT2D eigenvalue weighted by atomic mass is 9.81. The second-order valence-corrected chi connectivity index (χ2v) is 4.64. The van der Waals surface area contributed by atoms with Crippen molar-refractivity contribution in [1.29, 1.82) is 0 Å². The molecule has 1 aliphatic rings. The second-order valence-electron chi connectivity index (χ2n) is 4.64. The highest BCUT2D eigenvalue weighted by Crippen LogP contribution is 2.31. The number of benzene rings is 1. The fourth-order valence-corrected chi connectivity index (χ4v) is 2.56. The molecule has 0 radical (unpaired) electrons. The molecule has 3 heteroatoms. The van der Waals surface area contributed by atoms with E-state index in [0.29, 0.717) is 6.54 Å². The summed E-state index contributed by atoms with van der Waals surface area (Å²) in [7, 11) is 1.46. The van der Waals surface area contributed by atoms with Gasteiger partial charge in [-0.05, 0) is 31.4 Å². The van der Waals surface area contributed by atoms with Gasteiger partial charge < -0.3 is 10.1 Å². The van der Waals surface area contributed by atoms with Crippen molar-refractivity contribution in [1.82, 2.24) is 5.32 Å². The minimum absolute atomic E-state index is 0.0597. The van der Waals surface area contributed by atoms with Gasteiger partial charge in [0.25, 0.3) is 0 Å². The quantitative estimate of drug-likeness (QED) is 0.792. The molecular formula is C14H19NO2.